The number of esters is 2. The lowest BCUT2D eigenvalue weighted by molar-refractivity contribution is -0.291. The van der Waals surface area contributed by atoms with E-state index in [2.05, 4.69) is 0 Å². The van der Waals surface area contributed by atoms with E-state index in [-0.39, 0.29) is 5.75 Å². The number of aromatic hydroxyl groups is 1. The smallest absolute Gasteiger partial charge is 0.333 e. The SMILES string of the molecule is O=C(C=Cc1ccc(O)cc1)OC[C@H]1O[C@H](OC(=O)C=Cc2ccccc2)[C@H](O)[C@@H](O)[C@@H]1O. The van der Waals surface area contributed by atoms with Gasteiger partial charge in [0.15, 0.2) is 0 Å². The van der Waals surface area contributed by atoms with Crippen molar-refractivity contribution < 1.29 is 44.2 Å². The molecule has 2 aromatic rings. The van der Waals surface area contributed by atoms with E-state index in [1.807, 2.05) is 6.07 Å². The molecule has 0 bridgehead atoms. The molecular weight excluding hydrogens is 432 g/mol. The van der Waals surface area contributed by atoms with Gasteiger partial charge in [0.05, 0.1) is 0 Å². The quantitative estimate of drug-likeness (QED) is 0.355. The first-order chi connectivity index (χ1) is 15.8. The molecular formula is C24H24O9. The van der Waals surface area contributed by atoms with Crippen molar-refractivity contribution in [2.75, 3.05) is 6.61 Å². The number of rotatable bonds is 7. The largest absolute Gasteiger partial charge is 0.508 e. The first-order valence-corrected chi connectivity index (χ1v) is 10.1. The standard InChI is InChI=1S/C24H24O9/c25-17-10-6-16(7-11-17)8-12-19(26)31-14-18-21(28)22(29)23(30)24(32-18)33-20(27)13-9-15-4-2-1-3-5-15/h1-13,18,21-25,28-30H,14H2/t18-,21-,22+,23-,24-/m1/s1. The Bertz CT molecular complexity index is 985. The predicted molar refractivity (Wildman–Crippen MR) is 116 cm³/mol. The molecule has 0 amide bonds. The zero-order chi connectivity index (χ0) is 23.8. The molecule has 1 aliphatic rings. The van der Waals surface area contributed by atoms with Crippen molar-refractivity contribution in [2.45, 2.75) is 30.7 Å². The number of phenols is 1. The van der Waals surface area contributed by atoms with Crippen LogP contribution in [0, 0.1) is 0 Å². The number of ether oxygens (including phenoxy) is 3. The molecule has 0 radical (unpaired) electrons. The molecule has 0 aromatic heterocycles. The Balaban J connectivity index is 1.54. The summed E-state index contributed by atoms with van der Waals surface area (Å²) < 4.78 is 15.4. The molecule has 2 aromatic carbocycles. The van der Waals surface area contributed by atoms with Crippen LogP contribution in [-0.2, 0) is 23.8 Å². The molecule has 0 saturated carbocycles. The monoisotopic (exact) mass is 456 g/mol. The number of carbonyl (C=O) groups is 2. The lowest BCUT2D eigenvalue weighted by Gasteiger charge is -2.39. The van der Waals surface area contributed by atoms with E-state index in [0.29, 0.717) is 5.56 Å². The third-order valence-electron chi connectivity index (χ3n) is 4.81. The summed E-state index contributed by atoms with van der Waals surface area (Å²) in [6, 6.07) is 15.1. The first-order valence-electron chi connectivity index (χ1n) is 10.1. The number of hydrogen-bond acceptors (Lipinski definition) is 9. The van der Waals surface area contributed by atoms with Crippen molar-refractivity contribution in [3.05, 3.63) is 77.9 Å². The van der Waals surface area contributed by atoms with Gasteiger partial charge in [0, 0.05) is 12.2 Å². The summed E-state index contributed by atoms with van der Waals surface area (Å²) in [5.41, 5.74) is 1.40. The predicted octanol–water partition coefficient (Wildman–Crippen LogP) is 1.01. The van der Waals surface area contributed by atoms with Gasteiger partial charge in [-0.2, -0.15) is 0 Å². The van der Waals surface area contributed by atoms with Crippen LogP contribution in [0.15, 0.2) is 66.7 Å². The average molecular weight is 456 g/mol. The Labute approximate surface area is 189 Å². The number of hydrogen-bond donors (Lipinski definition) is 4. The van der Waals surface area contributed by atoms with Crippen LogP contribution in [-0.4, -0.2) is 69.7 Å². The highest BCUT2D eigenvalue weighted by Gasteiger charge is 2.45. The molecule has 9 heteroatoms. The normalized spacial score (nSPS) is 25.2. The molecule has 3 rings (SSSR count). The molecule has 5 atom stereocenters. The second kappa shape index (κ2) is 11.4. The van der Waals surface area contributed by atoms with E-state index in [9.17, 15) is 30.0 Å². The van der Waals surface area contributed by atoms with E-state index in [1.54, 1.807) is 36.4 Å². The van der Waals surface area contributed by atoms with Gasteiger partial charge in [-0.25, -0.2) is 9.59 Å². The summed E-state index contributed by atoms with van der Waals surface area (Å²) >= 11 is 0. The highest BCUT2D eigenvalue weighted by atomic mass is 16.7. The molecule has 1 aliphatic heterocycles. The lowest BCUT2D eigenvalue weighted by Crippen LogP contribution is -2.59. The van der Waals surface area contributed by atoms with Crippen LogP contribution in [0.25, 0.3) is 12.2 Å². The highest BCUT2D eigenvalue weighted by molar-refractivity contribution is 5.87. The van der Waals surface area contributed by atoms with Gasteiger partial charge in [-0.05, 0) is 35.4 Å². The van der Waals surface area contributed by atoms with Crippen LogP contribution in [0.1, 0.15) is 11.1 Å². The van der Waals surface area contributed by atoms with E-state index in [0.717, 1.165) is 17.7 Å². The average Bonchev–Trinajstić information content (AvgIpc) is 2.82. The minimum absolute atomic E-state index is 0.0877. The maximum atomic E-state index is 12.1. The Morgan fingerprint density at radius 2 is 1.42 bits per heavy atom. The minimum Gasteiger partial charge on any atom is -0.508 e. The number of aliphatic hydroxyl groups is 3. The molecule has 0 spiro atoms. The second-order valence-corrected chi connectivity index (χ2v) is 7.25. The van der Waals surface area contributed by atoms with Gasteiger partial charge in [-0.3, -0.25) is 0 Å². The zero-order valence-corrected chi connectivity index (χ0v) is 17.4. The number of phenolic OH excluding ortho intramolecular Hbond substituents is 1. The van der Waals surface area contributed by atoms with E-state index in [1.165, 1.54) is 24.3 Å². The van der Waals surface area contributed by atoms with Crippen LogP contribution in [0.2, 0.25) is 0 Å². The molecule has 33 heavy (non-hydrogen) atoms. The molecule has 0 aliphatic carbocycles. The lowest BCUT2D eigenvalue weighted by atomic mass is 9.99. The molecule has 4 N–H and O–H groups in total. The number of aliphatic hydroxyl groups excluding tert-OH is 3. The summed E-state index contributed by atoms with van der Waals surface area (Å²) in [4.78, 5) is 24.0. The maximum absolute atomic E-state index is 12.1. The Hall–Kier alpha value is -3.50. The van der Waals surface area contributed by atoms with Crippen molar-refractivity contribution in [2.24, 2.45) is 0 Å². The van der Waals surface area contributed by atoms with Crippen LogP contribution in [0.4, 0.5) is 0 Å². The first kappa shape index (κ1) is 24.1. The van der Waals surface area contributed by atoms with E-state index >= 15 is 0 Å². The maximum Gasteiger partial charge on any atom is 0.333 e. The van der Waals surface area contributed by atoms with Crippen LogP contribution < -0.4 is 0 Å². The van der Waals surface area contributed by atoms with Crippen molar-refractivity contribution in [1.29, 1.82) is 0 Å². The minimum atomic E-state index is -1.70. The molecule has 174 valence electrons. The van der Waals surface area contributed by atoms with E-state index < -0.39 is 49.3 Å². The Morgan fingerprint density at radius 3 is 2.09 bits per heavy atom. The van der Waals surface area contributed by atoms with Crippen LogP contribution in [0.3, 0.4) is 0 Å². The van der Waals surface area contributed by atoms with Gasteiger partial charge in [0.25, 0.3) is 0 Å². The summed E-state index contributed by atoms with van der Waals surface area (Å²) in [5, 5.41) is 39.6. The van der Waals surface area contributed by atoms with Crippen LogP contribution in [0.5, 0.6) is 5.75 Å². The topological polar surface area (TPSA) is 143 Å². The van der Waals surface area contributed by atoms with Crippen molar-refractivity contribution >= 4 is 24.1 Å². The molecule has 1 saturated heterocycles. The van der Waals surface area contributed by atoms with Crippen molar-refractivity contribution in [1.82, 2.24) is 0 Å². The van der Waals surface area contributed by atoms with Gasteiger partial charge in [-0.15, -0.1) is 0 Å². The molecule has 9 nitrogen and oxygen atoms in total. The van der Waals surface area contributed by atoms with Gasteiger partial charge >= 0.3 is 11.9 Å². The van der Waals surface area contributed by atoms with Crippen molar-refractivity contribution in [3.63, 3.8) is 0 Å². The summed E-state index contributed by atoms with van der Waals surface area (Å²) in [5.74, 6) is -1.50. The van der Waals surface area contributed by atoms with Crippen molar-refractivity contribution in [3.8, 4) is 5.75 Å². The fourth-order valence-electron chi connectivity index (χ4n) is 3.00. The molecule has 0 unspecified atom stereocenters. The number of benzene rings is 2. The second-order valence-electron chi connectivity index (χ2n) is 7.25. The number of carbonyl (C=O) groups excluding carboxylic acids is 2. The zero-order valence-electron chi connectivity index (χ0n) is 17.4. The summed E-state index contributed by atoms with van der Waals surface area (Å²) in [7, 11) is 0. The van der Waals surface area contributed by atoms with Gasteiger partial charge in [0.2, 0.25) is 6.29 Å². The molecule has 1 heterocycles. The fraction of sp³-hybridized carbons (Fsp3) is 0.250. The molecule has 1 fully saturated rings. The third-order valence-corrected chi connectivity index (χ3v) is 4.81. The Kier molecular flexibility index (Phi) is 8.34. The fourth-order valence-corrected chi connectivity index (χ4v) is 3.00. The summed E-state index contributed by atoms with van der Waals surface area (Å²) in [6.07, 6.45) is -2.56. The van der Waals surface area contributed by atoms with Gasteiger partial charge in [-0.1, -0.05) is 42.5 Å². The van der Waals surface area contributed by atoms with E-state index in [4.69, 9.17) is 14.2 Å². The van der Waals surface area contributed by atoms with Crippen LogP contribution >= 0.6 is 0 Å². The summed E-state index contributed by atoms with van der Waals surface area (Å²) in [6.45, 7) is -0.461. The Morgan fingerprint density at radius 1 is 0.818 bits per heavy atom. The highest BCUT2D eigenvalue weighted by Crippen LogP contribution is 2.23. The van der Waals surface area contributed by atoms with Gasteiger partial charge < -0.3 is 34.6 Å². The van der Waals surface area contributed by atoms with Gasteiger partial charge in [0.1, 0.15) is 36.8 Å². The third kappa shape index (κ3) is 6.99.